The summed E-state index contributed by atoms with van der Waals surface area (Å²) in [5.41, 5.74) is -0.416. The van der Waals surface area contributed by atoms with Crippen LogP contribution in [0.1, 0.15) is 20.2 Å². The zero-order valence-corrected chi connectivity index (χ0v) is 18.0. The molecule has 156 valence electrons. The third-order valence-corrected chi connectivity index (χ3v) is 6.84. The molecule has 1 saturated heterocycles. The molecular formula is C18H15Cl2N5O4S. The highest BCUT2D eigenvalue weighted by Gasteiger charge is 2.33. The molecule has 0 aliphatic carbocycles. The number of aryl methyl sites for hydroxylation is 1. The maximum absolute atomic E-state index is 13.0. The number of fused-ring (bicyclic) bond motifs is 1. The molecule has 0 spiro atoms. The number of nitrogens with zero attached hydrogens (tertiary/aromatic N) is 5. The molecule has 2 aromatic heterocycles. The van der Waals surface area contributed by atoms with Gasteiger partial charge in [-0.1, -0.05) is 29.3 Å². The summed E-state index contributed by atoms with van der Waals surface area (Å²) in [5.74, 6) is -0.695. The molecule has 1 fully saturated rings. The van der Waals surface area contributed by atoms with E-state index < -0.39 is 10.8 Å². The Morgan fingerprint density at radius 2 is 1.77 bits per heavy atom. The Balaban J connectivity index is 1.49. The van der Waals surface area contributed by atoms with Crippen molar-refractivity contribution >= 4 is 62.1 Å². The van der Waals surface area contributed by atoms with Crippen LogP contribution in [0.25, 0.3) is 10.1 Å². The summed E-state index contributed by atoms with van der Waals surface area (Å²) >= 11 is 13.7. The number of benzene rings is 1. The molecule has 3 aromatic rings. The van der Waals surface area contributed by atoms with E-state index in [-0.39, 0.29) is 30.4 Å². The van der Waals surface area contributed by atoms with Crippen LogP contribution in [-0.2, 0) is 7.05 Å². The number of aromatic nitrogens is 2. The van der Waals surface area contributed by atoms with Crippen LogP contribution in [0.4, 0.5) is 5.69 Å². The number of hydrogen-bond donors (Lipinski definition) is 0. The molecule has 12 heteroatoms. The quantitative estimate of drug-likeness (QED) is 0.433. The van der Waals surface area contributed by atoms with Gasteiger partial charge in [0.2, 0.25) is 5.69 Å². The lowest BCUT2D eigenvalue weighted by molar-refractivity contribution is -0.385. The number of thiophene rings is 1. The first-order chi connectivity index (χ1) is 14.3. The molecule has 0 atom stereocenters. The minimum atomic E-state index is -0.629. The van der Waals surface area contributed by atoms with E-state index in [4.69, 9.17) is 23.2 Å². The fraction of sp³-hybridized carbons (Fsp3) is 0.278. The van der Waals surface area contributed by atoms with E-state index in [1.54, 1.807) is 23.1 Å². The van der Waals surface area contributed by atoms with Gasteiger partial charge in [-0.25, -0.2) is 0 Å². The summed E-state index contributed by atoms with van der Waals surface area (Å²) in [6, 6.07) is 5.27. The Bertz CT molecular complexity index is 1180. The van der Waals surface area contributed by atoms with Crippen LogP contribution in [0.3, 0.4) is 0 Å². The number of nitro groups is 1. The van der Waals surface area contributed by atoms with E-state index in [9.17, 15) is 19.7 Å². The van der Waals surface area contributed by atoms with Gasteiger partial charge < -0.3 is 9.80 Å². The Labute approximate surface area is 184 Å². The topological polar surface area (TPSA) is 102 Å². The molecule has 0 saturated carbocycles. The standard InChI is InChI=1S/C18H15Cl2N5O4S/c1-22-15(12(9-21-22)25(28)29)17(26)23-4-6-24(7-5-23)18(27)16-14(20)11-3-2-10(19)8-13(11)30-16/h2-3,8-9H,4-7H2,1H3. The van der Waals surface area contributed by atoms with E-state index >= 15 is 0 Å². The van der Waals surface area contributed by atoms with Crippen LogP contribution < -0.4 is 0 Å². The molecule has 0 unspecified atom stereocenters. The van der Waals surface area contributed by atoms with Crippen molar-refractivity contribution in [2.24, 2.45) is 7.05 Å². The molecule has 0 N–H and O–H groups in total. The number of rotatable bonds is 3. The van der Waals surface area contributed by atoms with Crippen LogP contribution in [0.2, 0.25) is 10.0 Å². The zero-order valence-electron chi connectivity index (χ0n) is 15.7. The van der Waals surface area contributed by atoms with E-state index in [2.05, 4.69) is 5.10 Å². The van der Waals surface area contributed by atoms with Gasteiger partial charge in [-0.05, 0) is 12.1 Å². The van der Waals surface area contributed by atoms with Gasteiger partial charge in [0.1, 0.15) is 11.1 Å². The fourth-order valence-corrected chi connectivity index (χ4v) is 5.15. The lowest BCUT2D eigenvalue weighted by Crippen LogP contribution is -2.50. The monoisotopic (exact) mass is 467 g/mol. The Hall–Kier alpha value is -2.69. The summed E-state index contributed by atoms with van der Waals surface area (Å²) in [6.45, 7) is 1.09. The van der Waals surface area contributed by atoms with Gasteiger partial charge in [-0.15, -0.1) is 11.3 Å². The van der Waals surface area contributed by atoms with Crippen LogP contribution in [-0.4, -0.2) is 62.5 Å². The van der Waals surface area contributed by atoms with Crippen molar-refractivity contribution in [2.75, 3.05) is 26.2 Å². The third-order valence-electron chi connectivity index (χ3n) is 4.96. The second kappa shape index (κ2) is 7.86. The molecule has 3 heterocycles. The second-order valence-corrected chi connectivity index (χ2v) is 8.60. The number of carbonyl (C=O) groups is 2. The molecular weight excluding hydrogens is 453 g/mol. The predicted molar refractivity (Wildman–Crippen MR) is 114 cm³/mol. The maximum Gasteiger partial charge on any atom is 0.320 e. The molecule has 0 radical (unpaired) electrons. The van der Waals surface area contributed by atoms with Gasteiger partial charge in [-0.2, -0.15) is 5.10 Å². The van der Waals surface area contributed by atoms with Crippen molar-refractivity contribution in [1.29, 1.82) is 0 Å². The number of amides is 2. The summed E-state index contributed by atoms with van der Waals surface area (Å²) in [4.78, 5) is 39.8. The summed E-state index contributed by atoms with van der Waals surface area (Å²) in [6.07, 6.45) is 1.06. The second-order valence-electron chi connectivity index (χ2n) is 6.73. The number of piperazine rings is 1. The molecule has 30 heavy (non-hydrogen) atoms. The van der Waals surface area contributed by atoms with E-state index in [1.807, 2.05) is 0 Å². The first-order valence-electron chi connectivity index (χ1n) is 8.90. The van der Waals surface area contributed by atoms with Crippen molar-refractivity contribution in [3.63, 3.8) is 0 Å². The highest BCUT2D eigenvalue weighted by atomic mass is 35.5. The minimum absolute atomic E-state index is 0.0794. The smallest absolute Gasteiger partial charge is 0.320 e. The Morgan fingerprint density at radius 3 is 2.40 bits per heavy atom. The number of hydrogen-bond acceptors (Lipinski definition) is 6. The first kappa shape index (κ1) is 20.6. The van der Waals surface area contributed by atoms with E-state index in [1.165, 1.54) is 28.0 Å². The minimum Gasteiger partial charge on any atom is -0.334 e. The highest BCUT2D eigenvalue weighted by molar-refractivity contribution is 7.21. The molecule has 1 aliphatic rings. The summed E-state index contributed by atoms with van der Waals surface area (Å²) < 4.78 is 2.02. The van der Waals surface area contributed by atoms with Gasteiger partial charge in [-0.3, -0.25) is 24.4 Å². The van der Waals surface area contributed by atoms with Gasteiger partial charge in [0.15, 0.2) is 0 Å². The van der Waals surface area contributed by atoms with Crippen LogP contribution >= 0.6 is 34.5 Å². The fourth-order valence-electron chi connectivity index (χ4n) is 3.39. The van der Waals surface area contributed by atoms with E-state index in [0.717, 1.165) is 16.3 Å². The molecule has 1 aliphatic heterocycles. The summed E-state index contributed by atoms with van der Waals surface area (Å²) in [5, 5.41) is 16.7. The van der Waals surface area contributed by atoms with Crippen molar-refractivity contribution in [3.05, 3.63) is 55.1 Å². The molecule has 1 aromatic carbocycles. The van der Waals surface area contributed by atoms with Crippen molar-refractivity contribution in [3.8, 4) is 0 Å². The number of carbonyl (C=O) groups excluding carboxylic acids is 2. The zero-order chi connectivity index (χ0) is 21.6. The van der Waals surface area contributed by atoms with Gasteiger partial charge in [0.25, 0.3) is 11.8 Å². The highest BCUT2D eigenvalue weighted by Crippen LogP contribution is 2.37. The van der Waals surface area contributed by atoms with Crippen LogP contribution in [0.5, 0.6) is 0 Å². The molecule has 4 rings (SSSR count). The molecule has 2 amide bonds. The largest absolute Gasteiger partial charge is 0.334 e. The SMILES string of the molecule is Cn1ncc([N+](=O)[O-])c1C(=O)N1CCN(C(=O)c2sc3cc(Cl)ccc3c2Cl)CC1. The average Bonchev–Trinajstić information content (AvgIpc) is 3.27. The number of halogens is 2. The maximum atomic E-state index is 13.0. The van der Waals surface area contributed by atoms with Gasteiger partial charge >= 0.3 is 5.69 Å². The normalized spacial score (nSPS) is 14.4. The third kappa shape index (κ3) is 3.51. The summed E-state index contributed by atoms with van der Waals surface area (Å²) in [7, 11) is 1.48. The predicted octanol–water partition coefficient (Wildman–Crippen LogP) is 3.45. The molecule has 0 bridgehead atoms. The van der Waals surface area contributed by atoms with Crippen molar-refractivity contribution in [1.82, 2.24) is 19.6 Å². The first-order valence-corrected chi connectivity index (χ1v) is 10.5. The lowest BCUT2D eigenvalue weighted by Gasteiger charge is -2.34. The average molecular weight is 468 g/mol. The Kier molecular flexibility index (Phi) is 5.39. The van der Waals surface area contributed by atoms with Crippen molar-refractivity contribution in [2.45, 2.75) is 0 Å². The van der Waals surface area contributed by atoms with Crippen LogP contribution in [0.15, 0.2) is 24.4 Å². The van der Waals surface area contributed by atoms with Crippen LogP contribution in [0, 0.1) is 10.1 Å². The lowest BCUT2D eigenvalue weighted by atomic mass is 10.2. The van der Waals surface area contributed by atoms with Crippen molar-refractivity contribution < 1.29 is 14.5 Å². The van der Waals surface area contributed by atoms with E-state index in [0.29, 0.717) is 28.0 Å². The Morgan fingerprint density at radius 1 is 1.13 bits per heavy atom. The van der Waals surface area contributed by atoms with Gasteiger partial charge in [0, 0.05) is 48.3 Å². The van der Waals surface area contributed by atoms with Gasteiger partial charge in [0.05, 0.1) is 9.95 Å². The molecule has 9 nitrogen and oxygen atoms in total.